The Bertz CT molecular complexity index is 1040. The third-order valence-electron chi connectivity index (χ3n) is 4.52. The van der Waals surface area contributed by atoms with E-state index in [-0.39, 0.29) is 0 Å². The number of hydrogen-bond acceptors (Lipinski definition) is 6. The van der Waals surface area contributed by atoms with Crippen molar-refractivity contribution in [3.8, 4) is 11.5 Å². The Labute approximate surface area is 194 Å². The van der Waals surface area contributed by atoms with Crippen LogP contribution < -0.4 is 0 Å². The zero-order valence-electron chi connectivity index (χ0n) is 21.4. The average molecular weight is 493 g/mol. The zero-order chi connectivity index (χ0) is 25.9. The van der Waals surface area contributed by atoms with Crippen LogP contribution in [0.4, 0.5) is 0 Å². The van der Waals surface area contributed by atoms with Gasteiger partial charge >= 0.3 is 0 Å². The minimum Gasteiger partial charge on any atom is -0.504 e. The van der Waals surface area contributed by atoms with Crippen molar-refractivity contribution in [2.45, 2.75) is 115 Å². The van der Waals surface area contributed by atoms with Crippen LogP contribution in [0, 0.1) is 0 Å². The summed E-state index contributed by atoms with van der Waals surface area (Å²) in [5.41, 5.74) is -3.47. The van der Waals surface area contributed by atoms with E-state index in [1.54, 1.807) is 83.1 Å². The minimum atomic E-state index is -4.41. The quantitative estimate of drug-likeness (QED) is 0.607. The van der Waals surface area contributed by atoms with Crippen LogP contribution in [-0.2, 0) is 20.0 Å². The lowest BCUT2D eigenvalue weighted by molar-refractivity contribution is 0.139. The summed E-state index contributed by atoms with van der Waals surface area (Å²) in [7, 11) is -8.66. The first kappa shape index (κ1) is 28.7. The van der Waals surface area contributed by atoms with Gasteiger partial charge in [-0.15, -0.1) is 0 Å². The van der Waals surface area contributed by atoms with Gasteiger partial charge in [0.05, 0.1) is 4.90 Å². The van der Waals surface area contributed by atoms with Crippen LogP contribution in [0.2, 0.25) is 0 Å². The van der Waals surface area contributed by atoms with Crippen LogP contribution in [0.3, 0.4) is 0 Å². The summed E-state index contributed by atoms with van der Waals surface area (Å²) in [5.74, 6) is -1.71. The molecule has 0 saturated carbocycles. The highest BCUT2D eigenvalue weighted by Crippen LogP contribution is 2.42. The molecule has 2 N–H and O–H groups in total. The maximum absolute atomic E-state index is 13.7. The van der Waals surface area contributed by atoms with E-state index in [2.05, 4.69) is 0 Å². The molecule has 1 aromatic rings. The molecule has 1 aromatic carbocycles. The van der Waals surface area contributed by atoms with Crippen LogP contribution in [-0.4, -0.2) is 57.8 Å². The second kappa shape index (κ2) is 8.14. The molecule has 0 bridgehead atoms. The van der Waals surface area contributed by atoms with Gasteiger partial charge in [0.1, 0.15) is 4.90 Å². The molecule has 0 fully saturated rings. The lowest BCUT2D eigenvalue weighted by atomic mass is 10.0. The maximum Gasteiger partial charge on any atom is 0.247 e. The summed E-state index contributed by atoms with van der Waals surface area (Å²) < 4.78 is 57.2. The Morgan fingerprint density at radius 1 is 0.594 bits per heavy atom. The van der Waals surface area contributed by atoms with Crippen molar-refractivity contribution < 1.29 is 27.0 Å². The van der Waals surface area contributed by atoms with Gasteiger partial charge in [-0.2, -0.15) is 8.61 Å². The third-order valence-corrected chi connectivity index (χ3v) is 9.37. The van der Waals surface area contributed by atoms with E-state index in [1.807, 2.05) is 0 Å². The Hall–Kier alpha value is -1.36. The predicted molar refractivity (Wildman–Crippen MR) is 127 cm³/mol. The Morgan fingerprint density at radius 3 is 1.22 bits per heavy atom. The molecular weight excluding hydrogens is 452 g/mol. The SMILES string of the molecule is CC(C)(C)N(C(C)(C)C)S(=O)(=O)c1cc(O)c(O)c(S(=O)(=O)N(C(C)(C)C)C(C)(C)C)c1. The largest absolute Gasteiger partial charge is 0.504 e. The van der Waals surface area contributed by atoms with Crippen LogP contribution >= 0.6 is 0 Å². The molecule has 0 aromatic heterocycles. The molecule has 0 aliphatic heterocycles. The number of nitrogens with zero attached hydrogens (tertiary/aromatic N) is 2. The number of phenols is 2. The first-order valence-corrected chi connectivity index (χ1v) is 13.3. The van der Waals surface area contributed by atoms with E-state index >= 15 is 0 Å². The van der Waals surface area contributed by atoms with Crippen molar-refractivity contribution in [3.63, 3.8) is 0 Å². The number of phenolic OH excluding ortho intramolecular Hbond substituents is 2. The lowest BCUT2D eigenvalue weighted by Crippen LogP contribution is -2.56. The Balaban J connectivity index is 4.01. The fourth-order valence-electron chi connectivity index (χ4n) is 4.57. The van der Waals surface area contributed by atoms with E-state index in [0.717, 1.165) is 12.1 Å². The summed E-state index contributed by atoms with van der Waals surface area (Å²) >= 11 is 0. The summed E-state index contributed by atoms with van der Waals surface area (Å²) in [6, 6.07) is 1.81. The number of sulfonamides is 2. The van der Waals surface area contributed by atoms with Gasteiger partial charge in [-0.3, -0.25) is 0 Å². The van der Waals surface area contributed by atoms with Crippen molar-refractivity contribution in [2.24, 2.45) is 0 Å². The fourth-order valence-corrected chi connectivity index (χ4v) is 9.09. The molecule has 0 atom stereocenters. The standard InChI is InChI=1S/C22H40N2O6S2/c1-19(2,3)23(20(4,5)6)31(27,28)15-13-16(25)18(26)17(14-15)32(29,30)24(21(7,8)9)22(10,11)12/h13-14,25-26H,1-12H3. The predicted octanol–water partition coefficient (Wildman–Crippen LogP) is 4.27. The van der Waals surface area contributed by atoms with Crippen molar-refractivity contribution >= 4 is 20.0 Å². The molecule has 10 heteroatoms. The molecule has 0 heterocycles. The summed E-state index contributed by atoms with van der Waals surface area (Å²) in [6.45, 7) is 20.6. The van der Waals surface area contributed by atoms with Crippen LogP contribution in [0.1, 0.15) is 83.1 Å². The van der Waals surface area contributed by atoms with E-state index in [9.17, 15) is 27.0 Å². The number of benzene rings is 1. The number of aromatic hydroxyl groups is 2. The first-order valence-electron chi connectivity index (χ1n) is 10.4. The summed E-state index contributed by atoms with van der Waals surface area (Å²) in [4.78, 5) is -1.08. The molecule has 1 rings (SSSR count). The van der Waals surface area contributed by atoms with Gasteiger partial charge < -0.3 is 10.2 Å². The van der Waals surface area contributed by atoms with Crippen LogP contribution in [0.5, 0.6) is 11.5 Å². The average Bonchev–Trinajstić information content (AvgIpc) is 2.41. The molecule has 0 unspecified atom stereocenters. The van der Waals surface area contributed by atoms with Crippen LogP contribution in [0.15, 0.2) is 21.9 Å². The second-order valence-electron chi connectivity index (χ2n) is 12.0. The molecule has 8 nitrogen and oxygen atoms in total. The zero-order valence-corrected chi connectivity index (χ0v) is 23.0. The van der Waals surface area contributed by atoms with E-state index in [1.165, 1.54) is 8.61 Å². The summed E-state index contributed by atoms with van der Waals surface area (Å²) in [5, 5.41) is 20.9. The van der Waals surface area contributed by atoms with Gasteiger partial charge in [0.2, 0.25) is 20.0 Å². The maximum atomic E-state index is 13.7. The first-order chi connectivity index (χ1) is 13.8. The molecule has 186 valence electrons. The fraction of sp³-hybridized carbons (Fsp3) is 0.727. The van der Waals surface area contributed by atoms with Gasteiger partial charge in [-0.1, -0.05) is 0 Å². The molecule has 0 aliphatic carbocycles. The Kier molecular flexibility index (Phi) is 7.30. The molecule has 0 saturated heterocycles. The number of rotatable bonds is 4. The molecule has 32 heavy (non-hydrogen) atoms. The summed E-state index contributed by atoms with van der Waals surface area (Å²) in [6.07, 6.45) is 0. The van der Waals surface area contributed by atoms with Crippen molar-refractivity contribution in [3.05, 3.63) is 12.1 Å². The molecular formula is C22H40N2O6S2. The highest BCUT2D eigenvalue weighted by Gasteiger charge is 2.46. The monoisotopic (exact) mass is 492 g/mol. The van der Waals surface area contributed by atoms with Gasteiger partial charge in [0.15, 0.2) is 11.5 Å². The van der Waals surface area contributed by atoms with Crippen molar-refractivity contribution in [2.75, 3.05) is 0 Å². The van der Waals surface area contributed by atoms with Crippen molar-refractivity contribution in [1.82, 2.24) is 8.61 Å². The lowest BCUT2D eigenvalue weighted by Gasteiger charge is -2.44. The molecule has 0 radical (unpaired) electrons. The molecule has 0 aliphatic rings. The molecule has 0 spiro atoms. The Morgan fingerprint density at radius 2 is 0.906 bits per heavy atom. The van der Waals surface area contributed by atoms with E-state index in [0.29, 0.717) is 0 Å². The smallest absolute Gasteiger partial charge is 0.247 e. The van der Waals surface area contributed by atoms with Crippen LogP contribution in [0.25, 0.3) is 0 Å². The highest BCUT2D eigenvalue weighted by atomic mass is 32.2. The van der Waals surface area contributed by atoms with Gasteiger partial charge in [-0.05, 0) is 89.2 Å². The molecule has 0 amide bonds. The number of hydrogen-bond donors (Lipinski definition) is 2. The van der Waals surface area contributed by atoms with Gasteiger partial charge in [0.25, 0.3) is 0 Å². The van der Waals surface area contributed by atoms with Gasteiger partial charge in [-0.25, -0.2) is 16.8 Å². The third kappa shape index (κ3) is 5.58. The highest BCUT2D eigenvalue weighted by molar-refractivity contribution is 7.90. The van der Waals surface area contributed by atoms with E-state index in [4.69, 9.17) is 0 Å². The van der Waals surface area contributed by atoms with Crippen molar-refractivity contribution in [1.29, 1.82) is 0 Å². The van der Waals surface area contributed by atoms with E-state index < -0.39 is 63.5 Å². The topological polar surface area (TPSA) is 115 Å². The second-order valence-corrected chi connectivity index (χ2v) is 15.6. The minimum absolute atomic E-state index is 0.418. The van der Waals surface area contributed by atoms with Gasteiger partial charge in [0, 0.05) is 28.2 Å². The normalized spacial score (nSPS) is 14.9.